The van der Waals surface area contributed by atoms with Crippen molar-refractivity contribution in [2.75, 3.05) is 49.3 Å². The first kappa shape index (κ1) is 13.3. The molecule has 8 heteroatoms. The van der Waals surface area contributed by atoms with E-state index in [1.54, 1.807) is 0 Å². The largest absolute Gasteiger partial charge is 0.381 e. The second-order valence-electron chi connectivity index (χ2n) is 5.23. The van der Waals surface area contributed by atoms with Gasteiger partial charge >= 0.3 is 0 Å². The van der Waals surface area contributed by atoms with Crippen LogP contribution in [0.3, 0.4) is 0 Å². The number of rotatable bonds is 1. The Hall–Kier alpha value is -1.67. The van der Waals surface area contributed by atoms with Gasteiger partial charge in [-0.25, -0.2) is 0 Å². The molecule has 8 nitrogen and oxygen atoms in total. The third kappa shape index (κ3) is 2.75. The van der Waals surface area contributed by atoms with Crippen LogP contribution in [0.2, 0.25) is 0 Å². The van der Waals surface area contributed by atoms with E-state index in [2.05, 4.69) is 19.9 Å². The average molecular weight is 280 g/mol. The van der Waals surface area contributed by atoms with Crippen molar-refractivity contribution < 1.29 is 9.47 Å². The lowest BCUT2D eigenvalue weighted by Crippen LogP contribution is -2.39. The van der Waals surface area contributed by atoms with Crippen LogP contribution < -0.4 is 16.4 Å². The van der Waals surface area contributed by atoms with Gasteiger partial charge in [0.1, 0.15) is 0 Å². The molecule has 0 aromatic carbocycles. The van der Waals surface area contributed by atoms with Crippen molar-refractivity contribution in [2.45, 2.75) is 24.9 Å². The molecule has 1 spiro atoms. The number of anilines is 3. The van der Waals surface area contributed by atoms with Gasteiger partial charge in [0.15, 0.2) is 0 Å². The van der Waals surface area contributed by atoms with Crippen LogP contribution >= 0.6 is 0 Å². The maximum absolute atomic E-state index is 6.09. The number of nitrogen functional groups attached to an aromatic ring is 2. The highest BCUT2D eigenvalue weighted by molar-refractivity contribution is 5.39. The van der Waals surface area contributed by atoms with Gasteiger partial charge in [-0.15, -0.1) is 0 Å². The summed E-state index contributed by atoms with van der Waals surface area (Å²) in [6.07, 6.45) is 2.83. The van der Waals surface area contributed by atoms with Crippen molar-refractivity contribution in [1.29, 1.82) is 0 Å². The Morgan fingerprint density at radius 2 is 1.60 bits per heavy atom. The first-order valence-corrected chi connectivity index (χ1v) is 6.91. The number of ether oxygens (including phenoxy) is 2. The minimum absolute atomic E-state index is 0.0584. The van der Waals surface area contributed by atoms with E-state index < -0.39 is 0 Å². The number of nitrogens with two attached hydrogens (primary N) is 2. The minimum Gasteiger partial charge on any atom is -0.381 e. The lowest BCUT2D eigenvalue weighted by molar-refractivity contribution is -0.105. The molecule has 0 bridgehead atoms. The summed E-state index contributed by atoms with van der Waals surface area (Å²) in [5.41, 5.74) is 11.2. The van der Waals surface area contributed by atoms with Crippen LogP contribution in [-0.4, -0.2) is 53.5 Å². The Balaban J connectivity index is 1.73. The van der Waals surface area contributed by atoms with E-state index in [1.807, 2.05) is 0 Å². The quantitative estimate of drug-likeness (QED) is 0.728. The van der Waals surface area contributed by atoms with Gasteiger partial charge in [0.25, 0.3) is 0 Å². The van der Waals surface area contributed by atoms with Crippen LogP contribution in [0, 0.1) is 0 Å². The normalized spacial score (nSPS) is 22.7. The van der Waals surface area contributed by atoms with Crippen molar-refractivity contribution in [3.05, 3.63) is 0 Å². The van der Waals surface area contributed by atoms with E-state index in [0.29, 0.717) is 12.6 Å². The number of hydrogen-bond acceptors (Lipinski definition) is 8. The summed E-state index contributed by atoms with van der Waals surface area (Å²) in [6.45, 7) is 3.73. The second kappa shape index (κ2) is 5.37. The second-order valence-corrected chi connectivity index (χ2v) is 5.23. The van der Waals surface area contributed by atoms with Gasteiger partial charge < -0.3 is 25.8 Å². The number of nitrogens with zero attached hydrogens (tertiary/aromatic N) is 4. The molecule has 0 saturated carbocycles. The van der Waals surface area contributed by atoms with E-state index in [1.165, 1.54) is 0 Å². The summed E-state index contributed by atoms with van der Waals surface area (Å²) in [4.78, 5) is 14.2. The highest BCUT2D eigenvalue weighted by Gasteiger charge is 2.36. The third-order valence-corrected chi connectivity index (χ3v) is 3.95. The standard InChI is InChI=1S/C12H20N6O2/c13-9-15-10(14)17-11(16-9)18-4-1-12(20-8-5-18)2-6-19-7-3-12/h1-8H2,(H4,13,14,15,16,17). The van der Waals surface area contributed by atoms with Crippen molar-refractivity contribution in [2.24, 2.45) is 0 Å². The van der Waals surface area contributed by atoms with Crippen LogP contribution in [-0.2, 0) is 9.47 Å². The van der Waals surface area contributed by atoms with Gasteiger partial charge in [0.2, 0.25) is 17.8 Å². The van der Waals surface area contributed by atoms with Gasteiger partial charge in [-0.2, -0.15) is 15.0 Å². The third-order valence-electron chi connectivity index (χ3n) is 3.95. The molecule has 4 N–H and O–H groups in total. The molecule has 0 unspecified atom stereocenters. The molecule has 0 aliphatic carbocycles. The van der Waals surface area contributed by atoms with E-state index >= 15 is 0 Å². The summed E-state index contributed by atoms with van der Waals surface area (Å²) >= 11 is 0. The van der Waals surface area contributed by atoms with Crippen molar-refractivity contribution >= 4 is 17.8 Å². The topological polar surface area (TPSA) is 112 Å². The fourth-order valence-corrected chi connectivity index (χ4v) is 2.77. The maximum atomic E-state index is 6.09. The van der Waals surface area contributed by atoms with Crippen LogP contribution in [0.25, 0.3) is 0 Å². The SMILES string of the molecule is Nc1nc(N)nc(N2CCOC3(CCOCC3)CC2)n1. The fraction of sp³-hybridized carbons (Fsp3) is 0.750. The molecule has 0 amide bonds. The zero-order valence-corrected chi connectivity index (χ0v) is 11.4. The van der Waals surface area contributed by atoms with Crippen LogP contribution in [0.4, 0.5) is 17.8 Å². The lowest BCUT2D eigenvalue weighted by Gasteiger charge is -2.35. The molecule has 0 radical (unpaired) electrons. The van der Waals surface area contributed by atoms with E-state index in [0.717, 1.165) is 45.6 Å². The van der Waals surface area contributed by atoms with E-state index in [4.69, 9.17) is 20.9 Å². The van der Waals surface area contributed by atoms with Crippen molar-refractivity contribution in [1.82, 2.24) is 15.0 Å². The Morgan fingerprint density at radius 3 is 2.30 bits per heavy atom. The Bertz CT molecular complexity index is 457. The first-order valence-electron chi connectivity index (χ1n) is 6.91. The summed E-state index contributed by atoms with van der Waals surface area (Å²) in [5.74, 6) is 0.833. The molecule has 1 aromatic heterocycles. The molecule has 2 aliphatic rings. The van der Waals surface area contributed by atoms with Crippen molar-refractivity contribution in [3.63, 3.8) is 0 Å². The molecule has 2 fully saturated rings. The summed E-state index contributed by atoms with van der Waals surface area (Å²) in [7, 11) is 0. The Morgan fingerprint density at radius 1 is 0.900 bits per heavy atom. The molecule has 3 heterocycles. The van der Waals surface area contributed by atoms with Gasteiger partial charge in [0.05, 0.1) is 12.2 Å². The Labute approximate surface area is 117 Å². The first-order chi connectivity index (χ1) is 9.67. The van der Waals surface area contributed by atoms with Gasteiger partial charge in [-0.1, -0.05) is 0 Å². The molecule has 3 rings (SSSR count). The molecular weight excluding hydrogens is 260 g/mol. The zero-order chi connectivity index (χ0) is 14.0. The molecule has 2 aliphatic heterocycles. The fourth-order valence-electron chi connectivity index (χ4n) is 2.77. The summed E-state index contributed by atoms with van der Waals surface area (Å²) in [6, 6.07) is 0. The van der Waals surface area contributed by atoms with Crippen LogP contribution in [0.15, 0.2) is 0 Å². The molecule has 1 aromatic rings. The van der Waals surface area contributed by atoms with Crippen LogP contribution in [0.5, 0.6) is 0 Å². The summed E-state index contributed by atoms with van der Waals surface area (Å²) < 4.78 is 11.5. The van der Waals surface area contributed by atoms with Gasteiger partial charge in [0, 0.05) is 26.3 Å². The monoisotopic (exact) mass is 280 g/mol. The molecule has 20 heavy (non-hydrogen) atoms. The Kier molecular flexibility index (Phi) is 3.58. The van der Waals surface area contributed by atoms with Crippen molar-refractivity contribution in [3.8, 4) is 0 Å². The number of aromatic nitrogens is 3. The lowest BCUT2D eigenvalue weighted by atomic mass is 9.90. The molecule has 110 valence electrons. The van der Waals surface area contributed by atoms with Gasteiger partial charge in [-0.05, 0) is 19.3 Å². The van der Waals surface area contributed by atoms with E-state index in [-0.39, 0.29) is 17.5 Å². The molecule has 2 saturated heterocycles. The van der Waals surface area contributed by atoms with Crippen LogP contribution in [0.1, 0.15) is 19.3 Å². The number of hydrogen-bond donors (Lipinski definition) is 2. The highest BCUT2D eigenvalue weighted by atomic mass is 16.5. The predicted molar refractivity (Wildman–Crippen MR) is 74.2 cm³/mol. The van der Waals surface area contributed by atoms with E-state index in [9.17, 15) is 0 Å². The average Bonchev–Trinajstić information content (AvgIpc) is 2.62. The minimum atomic E-state index is -0.0584. The van der Waals surface area contributed by atoms with Gasteiger partial charge in [-0.3, -0.25) is 0 Å². The smallest absolute Gasteiger partial charge is 0.232 e. The maximum Gasteiger partial charge on any atom is 0.232 e. The molecule has 0 atom stereocenters. The zero-order valence-electron chi connectivity index (χ0n) is 11.4. The predicted octanol–water partition coefficient (Wildman–Crippen LogP) is -0.188. The summed E-state index contributed by atoms with van der Waals surface area (Å²) in [5, 5.41) is 0. The molecular formula is C12H20N6O2. The highest BCUT2D eigenvalue weighted by Crippen LogP contribution is 2.31.